The summed E-state index contributed by atoms with van der Waals surface area (Å²) in [6, 6.07) is 8.86. The number of rotatable bonds is 7. The van der Waals surface area contributed by atoms with Gasteiger partial charge in [0.05, 0.1) is 13.2 Å². The lowest BCUT2D eigenvalue weighted by Crippen LogP contribution is -2.39. The van der Waals surface area contributed by atoms with Crippen LogP contribution in [0.4, 0.5) is 0 Å². The number of benzene rings is 1. The minimum absolute atomic E-state index is 0. The highest BCUT2D eigenvalue weighted by Crippen LogP contribution is 2.18. The molecule has 6 nitrogen and oxygen atoms in total. The average molecular weight is 516 g/mol. The third kappa shape index (κ3) is 8.39. The number of guanidine groups is 1. The van der Waals surface area contributed by atoms with E-state index in [2.05, 4.69) is 51.4 Å². The molecular weight excluding hydrogens is 479 g/mol. The van der Waals surface area contributed by atoms with Crippen LogP contribution in [0.3, 0.4) is 0 Å². The van der Waals surface area contributed by atoms with E-state index in [9.17, 15) is 0 Å². The van der Waals surface area contributed by atoms with Crippen LogP contribution in [0, 0.1) is 5.92 Å². The third-order valence-corrected chi connectivity index (χ3v) is 5.74. The number of morpholine rings is 1. The molecule has 0 aromatic heterocycles. The Kier molecular flexibility index (Phi) is 11.3. The molecule has 1 aromatic rings. The monoisotopic (exact) mass is 516 g/mol. The second kappa shape index (κ2) is 13.4. The van der Waals surface area contributed by atoms with Crippen molar-refractivity contribution in [1.82, 2.24) is 15.1 Å². The van der Waals surface area contributed by atoms with Crippen molar-refractivity contribution in [2.24, 2.45) is 10.9 Å². The quantitative estimate of drug-likeness (QED) is 0.343. The first-order chi connectivity index (χ1) is 13.7. The fourth-order valence-electron chi connectivity index (χ4n) is 3.94. The molecule has 1 aromatic carbocycles. The Morgan fingerprint density at radius 1 is 1.14 bits per heavy atom. The molecule has 2 aliphatic rings. The van der Waals surface area contributed by atoms with Crippen molar-refractivity contribution >= 4 is 29.9 Å². The first-order valence-corrected chi connectivity index (χ1v) is 10.6. The highest BCUT2D eigenvalue weighted by atomic mass is 127. The van der Waals surface area contributed by atoms with Gasteiger partial charge in [-0.3, -0.25) is 9.89 Å². The minimum Gasteiger partial charge on any atom is -0.381 e. The normalized spacial score (nSPS) is 18.9. The maximum atomic E-state index is 5.46. The summed E-state index contributed by atoms with van der Waals surface area (Å²) < 4.78 is 10.9. The SMILES string of the molecule is CN=C(NCc1cccc(CN2CCOCC2)c1)N(C)CCC1CCOCC1.I. The van der Waals surface area contributed by atoms with Gasteiger partial charge in [-0.25, -0.2) is 0 Å². The van der Waals surface area contributed by atoms with Gasteiger partial charge in [0.15, 0.2) is 5.96 Å². The lowest BCUT2D eigenvalue weighted by Gasteiger charge is -2.27. The second-order valence-corrected chi connectivity index (χ2v) is 7.88. The molecule has 0 radical (unpaired) electrons. The number of hydrogen-bond donors (Lipinski definition) is 1. The zero-order valence-electron chi connectivity index (χ0n) is 17.9. The molecule has 2 fully saturated rings. The Balaban J connectivity index is 0.00000300. The van der Waals surface area contributed by atoms with E-state index < -0.39 is 0 Å². The lowest BCUT2D eigenvalue weighted by molar-refractivity contribution is 0.0342. The van der Waals surface area contributed by atoms with Gasteiger partial charge in [0, 0.05) is 60.0 Å². The van der Waals surface area contributed by atoms with Gasteiger partial charge in [-0.15, -0.1) is 24.0 Å². The number of halogens is 1. The lowest BCUT2D eigenvalue weighted by atomic mass is 9.96. The molecule has 0 unspecified atom stereocenters. The number of nitrogens with one attached hydrogen (secondary N) is 1. The van der Waals surface area contributed by atoms with Crippen molar-refractivity contribution in [1.29, 1.82) is 0 Å². The molecule has 0 saturated carbocycles. The first-order valence-electron chi connectivity index (χ1n) is 10.6. The van der Waals surface area contributed by atoms with E-state index in [1.54, 1.807) is 0 Å². The number of aliphatic imine (C=N–C) groups is 1. The maximum absolute atomic E-state index is 5.46. The number of ether oxygens (including phenoxy) is 2. The van der Waals surface area contributed by atoms with E-state index in [-0.39, 0.29) is 24.0 Å². The van der Waals surface area contributed by atoms with Crippen molar-refractivity contribution in [3.8, 4) is 0 Å². The first kappa shape index (κ1) is 24.4. The number of nitrogens with zero attached hydrogens (tertiary/aromatic N) is 3. The van der Waals surface area contributed by atoms with Crippen LogP contribution in [0.1, 0.15) is 30.4 Å². The van der Waals surface area contributed by atoms with Crippen molar-refractivity contribution in [2.75, 3.05) is 60.2 Å². The van der Waals surface area contributed by atoms with Crippen molar-refractivity contribution in [3.63, 3.8) is 0 Å². The van der Waals surface area contributed by atoms with E-state index in [1.807, 2.05) is 7.05 Å². The fraction of sp³-hybridized carbons (Fsp3) is 0.682. The second-order valence-electron chi connectivity index (χ2n) is 7.88. The summed E-state index contributed by atoms with van der Waals surface area (Å²) in [5, 5.41) is 3.52. The topological polar surface area (TPSA) is 49.3 Å². The zero-order chi connectivity index (χ0) is 19.6. The summed E-state index contributed by atoms with van der Waals surface area (Å²) in [5.74, 6) is 1.75. The molecular formula is C22H37IN4O2. The molecule has 1 N–H and O–H groups in total. The Morgan fingerprint density at radius 3 is 2.55 bits per heavy atom. The van der Waals surface area contributed by atoms with Gasteiger partial charge < -0.3 is 19.7 Å². The predicted octanol–water partition coefficient (Wildman–Crippen LogP) is 2.96. The van der Waals surface area contributed by atoms with E-state index in [1.165, 1.54) is 30.4 Å². The molecule has 2 heterocycles. The average Bonchev–Trinajstić information content (AvgIpc) is 2.74. The smallest absolute Gasteiger partial charge is 0.193 e. The molecule has 0 aliphatic carbocycles. The van der Waals surface area contributed by atoms with Crippen LogP contribution in [0.15, 0.2) is 29.3 Å². The molecule has 0 amide bonds. The van der Waals surface area contributed by atoms with Crippen molar-refractivity contribution < 1.29 is 9.47 Å². The van der Waals surface area contributed by atoms with Crippen LogP contribution in [0.25, 0.3) is 0 Å². The standard InChI is InChI=1S/C22H36N4O2.HI/c1-23-22(25(2)9-6-19-7-12-27-13-8-19)24-17-20-4-3-5-21(16-20)18-26-10-14-28-15-11-26;/h3-5,16,19H,6-15,17-18H2,1-2H3,(H,23,24);1H. The van der Waals surface area contributed by atoms with Gasteiger partial charge in [-0.1, -0.05) is 24.3 Å². The zero-order valence-corrected chi connectivity index (χ0v) is 20.3. The highest BCUT2D eigenvalue weighted by molar-refractivity contribution is 14.0. The molecule has 164 valence electrons. The summed E-state index contributed by atoms with van der Waals surface area (Å²) in [5.41, 5.74) is 2.66. The van der Waals surface area contributed by atoms with E-state index >= 15 is 0 Å². The maximum Gasteiger partial charge on any atom is 0.193 e. The van der Waals surface area contributed by atoms with Crippen molar-refractivity contribution in [2.45, 2.75) is 32.4 Å². The van der Waals surface area contributed by atoms with Crippen LogP contribution < -0.4 is 5.32 Å². The molecule has 2 saturated heterocycles. The Hall–Kier alpha value is -0.900. The Morgan fingerprint density at radius 2 is 1.83 bits per heavy atom. The van der Waals surface area contributed by atoms with Crippen LogP contribution in [-0.4, -0.2) is 75.9 Å². The fourth-order valence-corrected chi connectivity index (χ4v) is 3.94. The van der Waals surface area contributed by atoms with E-state index in [0.29, 0.717) is 0 Å². The van der Waals surface area contributed by atoms with Crippen LogP contribution in [0.2, 0.25) is 0 Å². The third-order valence-electron chi connectivity index (χ3n) is 5.74. The summed E-state index contributed by atoms with van der Waals surface area (Å²) in [6.45, 7) is 8.39. The molecule has 3 rings (SSSR count). The summed E-state index contributed by atoms with van der Waals surface area (Å²) in [6.07, 6.45) is 3.58. The van der Waals surface area contributed by atoms with Gasteiger partial charge in [0.1, 0.15) is 0 Å². The Labute approximate surface area is 193 Å². The van der Waals surface area contributed by atoms with E-state index in [4.69, 9.17) is 9.47 Å². The van der Waals surface area contributed by atoms with E-state index in [0.717, 1.165) is 71.0 Å². The highest BCUT2D eigenvalue weighted by Gasteiger charge is 2.15. The summed E-state index contributed by atoms with van der Waals surface area (Å²) >= 11 is 0. The molecule has 29 heavy (non-hydrogen) atoms. The molecule has 2 aliphatic heterocycles. The Bertz CT molecular complexity index is 617. The van der Waals surface area contributed by atoms with Crippen LogP contribution in [-0.2, 0) is 22.6 Å². The molecule has 0 bridgehead atoms. The predicted molar refractivity (Wildman–Crippen MR) is 129 cm³/mol. The van der Waals surface area contributed by atoms with Crippen LogP contribution in [0.5, 0.6) is 0 Å². The summed E-state index contributed by atoms with van der Waals surface area (Å²) in [4.78, 5) is 9.17. The van der Waals surface area contributed by atoms with Crippen molar-refractivity contribution in [3.05, 3.63) is 35.4 Å². The summed E-state index contributed by atoms with van der Waals surface area (Å²) in [7, 11) is 3.99. The molecule has 7 heteroatoms. The number of hydrogen-bond acceptors (Lipinski definition) is 4. The minimum atomic E-state index is 0. The van der Waals surface area contributed by atoms with Gasteiger partial charge in [0.2, 0.25) is 0 Å². The van der Waals surface area contributed by atoms with Gasteiger partial charge in [-0.2, -0.15) is 0 Å². The van der Waals surface area contributed by atoms with Gasteiger partial charge in [0.25, 0.3) is 0 Å². The van der Waals surface area contributed by atoms with Crippen LogP contribution >= 0.6 is 24.0 Å². The van der Waals surface area contributed by atoms with Gasteiger partial charge >= 0.3 is 0 Å². The molecule has 0 spiro atoms. The largest absolute Gasteiger partial charge is 0.381 e. The van der Waals surface area contributed by atoms with Gasteiger partial charge in [-0.05, 0) is 36.3 Å². The molecule has 0 atom stereocenters.